The maximum atomic E-state index is 13.3. The van der Waals surface area contributed by atoms with Crippen molar-refractivity contribution in [1.82, 2.24) is 15.4 Å². The molecule has 0 spiro atoms. The predicted molar refractivity (Wildman–Crippen MR) is 82.9 cm³/mol. The molecule has 2 N–H and O–H groups in total. The van der Waals surface area contributed by atoms with Gasteiger partial charge in [0, 0.05) is 0 Å². The van der Waals surface area contributed by atoms with E-state index in [4.69, 9.17) is 9.94 Å². The van der Waals surface area contributed by atoms with Crippen LogP contribution >= 0.6 is 0 Å². The molecule has 0 unspecified atom stereocenters. The zero-order valence-corrected chi connectivity index (χ0v) is 13.0. The molecule has 0 aromatic heterocycles. The monoisotopic (exact) mass is 351 g/mol. The Kier molecular flexibility index (Phi) is 6.11. The molecular weight excluding hydrogens is 332 g/mol. The van der Waals surface area contributed by atoms with Gasteiger partial charge in [-0.15, -0.1) is 0 Å². The third-order valence-corrected chi connectivity index (χ3v) is 4.15. The van der Waals surface area contributed by atoms with Gasteiger partial charge >= 0.3 is 37.2 Å². The molecule has 9 nitrogen and oxygen atoms in total. The number of carbonyl (C=O) groups excluding carboxylic acids is 2. The van der Waals surface area contributed by atoms with Gasteiger partial charge in [-0.3, -0.25) is 9.63 Å². The summed E-state index contributed by atoms with van der Waals surface area (Å²) >= 11 is 0. The summed E-state index contributed by atoms with van der Waals surface area (Å²) < 4.78 is 13.3. The number of carbonyl (C=O) groups is 3. The van der Waals surface area contributed by atoms with E-state index in [1.807, 2.05) is 0 Å². The quantitative estimate of drug-likeness (QED) is 0.365. The predicted octanol–water partition coefficient (Wildman–Crippen LogP) is -0.458. The molecule has 11 heteroatoms. The number of hydroxylamine groups is 3. The summed E-state index contributed by atoms with van der Waals surface area (Å²) in [4.78, 5) is 46.0. The van der Waals surface area contributed by atoms with Crippen LogP contribution in [0.1, 0.15) is 19.8 Å². The van der Waals surface area contributed by atoms with Gasteiger partial charge in [0.05, 0.1) is 19.2 Å². The summed E-state index contributed by atoms with van der Waals surface area (Å²) in [5.74, 6) is -1.87. The molecule has 1 saturated carbocycles. The molecule has 25 heavy (non-hydrogen) atoms. The first-order valence-electron chi connectivity index (χ1n) is 7.62. The Morgan fingerprint density at radius 3 is 2.76 bits per heavy atom. The van der Waals surface area contributed by atoms with E-state index in [1.165, 1.54) is 4.90 Å². The van der Waals surface area contributed by atoms with Crippen LogP contribution in [0, 0.1) is 5.92 Å². The van der Waals surface area contributed by atoms with E-state index in [2.05, 4.69) is 10.3 Å². The van der Waals surface area contributed by atoms with Crippen LogP contribution in [0.5, 0.6) is 0 Å². The topological polar surface area (TPSA) is 108 Å². The zero-order chi connectivity index (χ0) is 17.4. The number of carboxylic acid groups (broad SMARTS) is 1. The first-order valence-corrected chi connectivity index (χ1v) is 7.62. The van der Waals surface area contributed by atoms with Crippen LogP contribution in [-0.2, 0) is 19.3 Å². The van der Waals surface area contributed by atoms with Crippen molar-refractivity contribution >= 4 is 36.8 Å². The molecule has 0 aromatic rings. The van der Waals surface area contributed by atoms with Crippen molar-refractivity contribution in [2.45, 2.75) is 38.2 Å². The van der Waals surface area contributed by atoms with Gasteiger partial charge in [0.2, 0.25) is 0 Å². The number of hydrogen-bond donors (Lipinski definition) is 2. The molecule has 134 valence electrons. The van der Waals surface area contributed by atoms with Gasteiger partial charge in [-0.05, 0) is 31.3 Å². The average Bonchev–Trinajstić information content (AvgIpc) is 3.31. The molecule has 3 atom stereocenters. The Morgan fingerprint density at radius 2 is 2.16 bits per heavy atom. The van der Waals surface area contributed by atoms with Gasteiger partial charge < -0.3 is 10.0 Å². The number of carboxylic acids is 1. The molecule has 2 aliphatic heterocycles. The number of nitrogens with zero attached hydrogens (tertiary/aromatic N) is 2. The Bertz CT molecular complexity index is 599. The molecular formula is C14H19FLiN3O6. The molecule has 1 aliphatic carbocycles. The fourth-order valence-electron chi connectivity index (χ4n) is 2.79. The van der Waals surface area contributed by atoms with Crippen LogP contribution in [0.2, 0.25) is 0 Å². The fourth-order valence-corrected chi connectivity index (χ4v) is 2.79. The van der Waals surface area contributed by atoms with E-state index in [0.29, 0.717) is 23.2 Å². The van der Waals surface area contributed by atoms with Crippen LogP contribution in [-0.4, -0.2) is 83.4 Å². The molecule has 2 bridgehead atoms. The maximum absolute atomic E-state index is 13.3. The summed E-state index contributed by atoms with van der Waals surface area (Å²) in [5, 5.41) is 9.21. The number of urea groups is 1. The van der Waals surface area contributed by atoms with Crippen molar-refractivity contribution in [2.24, 2.45) is 5.92 Å². The van der Waals surface area contributed by atoms with Crippen LogP contribution in [0.3, 0.4) is 0 Å². The molecule has 3 amide bonds. The standard InChI is InChI=1S/C14H18FN3O6.Li.H/c1-7-4-9-5-17(14(22)18(9)24-11(15)13(20)21)10(7)12(19)16-23-6-8-2-3-8;;/h4,8-11H,2-3,5-6H2,1H3,(H,16,19)(H,20,21);;/t9-,10+,11-;;/m1../s1. The molecule has 3 aliphatic rings. The normalized spacial score (nSPS) is 26.0. The third kappa shape index (κ3) is 4.15. The summed E-state index contributed by atoms with van der Waals surface area (Å²) in [5.41, 5.74) is 2.90. The third-order valence-electron chi connectivity index (χ3n) is 4.15. The fraction of sp³-hybridized carbons (Fsp3) is 0.643. The van der Waals surface area contributed by atoms with Crippen molar-refractivity contribution in [2.75, 3.05) is 13.2 Å². The van der Waals surface area contributed by atoms with E-state index in [1.54, 1.807) is 13.0 Å². The van der Waals surface area contributed by atoms with Crippen LogP contribution in [0.4, 0.5) is 9.18 Å². The first-order chi connectivity index (χ1) is 11.4. The number of fused-ring (bicyclic) bond motifs is 2. The number of nitrogens with one attached hydrogen (secondary N) is 1. The molecule has 0 radical (unpaired) electrons. The van der Waals surface area contributed by atoms with Crippen LogP contribution in [0.25, 0.3) is 0 Å². The molecule has 0 aromatic carbocycles. The average molecular weight is 351 g/mol. The Hall–Kier alpha value is -1.60. The summed E-state index contributed by atoms with van der Waals surface area (Å²) in [6.07, 6.45) is 1.08. The first kappa shape index (κ1) is 19.7. The van der Waals surface area contributed by atoms with Crippen molar-refractivity contribution in [3.8, 4) is 0 Å². The SMILES string of the molecule is CC1=C[C@@H]2CN(C(=O)N2O[C@@H](F)C(=O)O)[C@@H]1C(=O)NOCC1CC1.[LiH]. The second kappa shape index (κ2) is 7.74. The second-order valence-corrected chi connectivity index (χ2v) is 6.12. The van der Waals surface area contributed by atoms with Gasteiger partial charge in [-0.25, -0.2) is 24.3 Å². The van der Waals surface area contributed by atoms with E-state index in [0.717, 1.165) is 12.8 Å². The van der Waals surface area contributed by atoms with Gasteiger partial charge in [0.1, 0.15) is 6.04 Å². The second-order valence-electron chi connectivity index (χ2n) is 6.12. The Balaban J connectivity index is 0.00000225. The summed E-state index contributed by atoms with van der Waals surface area (Å²) in [6, 6.07) is -2.31. The van der Waals surface area contributed by atoms with Crippen LogP contribution < -0.4 is 5.48 Å². The van der Waals surface area contributed by atoms with E-state index in [9.17, 15) is 18.8 Å². The zero-order valence-electron chi connectivity index (χ0n) is 13.0. The number of rotatable bonds is 7. The van der Waals surface area contributed by atoms with Gasteiger partial charge in [0.25, 0.3) is 5.91 Å². The molecule has 2 heterocycles. The number of aliphatic carboxylic acids is 1. The molecule has 3 rings (SSSR count). The Labute approximate surface area is 155 Å². The van der Waals surface area contributed by atoms with Crippen molar-refractivity contribution < 1.29 is 33.6 Å². The van der Waals surface area contributed by atoms with Crippen molar-refractivity contribution in [3.05, 3.63) is 11.6 Å². The van der Waals surface area contributed by atoms with Crippen molar-refractivity contribution in [3.63, 3.8) is 0 Å². The van der Waals surface area contributed by atoms with E-state index in [-0.39, 0.29) is 25.4 Å². The number of halogens is 1. The van der Waals surface area contributed by atoms with Gasteiger partial charge in [0.15, 0.2) is 0 Å². The summed E-state index contributed by atoms with van der Waals surface area (Å²) in [6.45, 7) is 2.18. The molecule has 2 fully saturated rings. The number of hydrogen-bond acceptors (Lipinski definition) is 5. The molecule has 1 saturated heterocycles. The summed E-state index contributed by atoms with van der Waals surface area (Å²) in [7, 11) is 0. The van der Waals surface area contributed by atoms with E-state index < -0.39 is 36.3 Å². The minimum absolute atomic E-state index is 0. The van der Waals surface area contributed by atoms with Crippen LogP contribution in [0.15, 0.2) is 11.6 Å². The number of alkyl halides is 1. The van der Waals surface area contributed by atoms with Gasteiger partial charge in [-0.2, -0.15) is 5.06 Å². The van der Waals surface area contributed by atoms with E-state index >= 15 is 0 Å². The Morgan fingerprint density at radius 1 is 1.48 bits per heavy atom. The number of amides is 3. The van der Waals surface area contributed by atoms with Gasteiger partial charge in [-0.1, -0.05) is 6.08 Å². The van der Waals surface area contributed by atoms with Crippen molar-refractivity contribution in [1.29, 1.82) is 0 Å². The minimum atomic E-state index is -2.66.